The van der Waals surface area contributed by atoms with Gasteiger partial charge in [0, 0.05) is 0 Å². The van der Waals surface area contributed by atoms with Gasteiger partial charge in [-0.05, 0) is 24.8 Å². The molecule has 1 nitrogen and oxygen atoms in total. The number of alkyl halides is 2. The third kappa shape index (κ3) is 3.63. The lowest BCUT2D eigenvalue weighted by atomic mass is 9.95. The van der Waals surface area contributed by atoms with Gasteiger partial charge in [-0.1, -0.05) is 56.2 Å². The molecule has 1 saturated heterocycles. The smallest absolute Gasteiger partial charge is 0.309 e. The molecule has 0 amide bonds. The number of unbranched alkanes of at least 4 members (excludes halogenated alkanes) is 1. The van der Waals surface area contributed by atoms with Crippen LogP contribution in [0.3, 0.4) is 0 Å². The highest BCUT2D eigenvalue weighted by atomic mass is 19.3. The van der Waals surface area contributed by atoms with Crippen LogP contribution in [-0.2, 0) is 11.2 Å². The second kappa shape index (κ2) is 6.29. The third-order valence-corrected chi connectivity index (χ3v) is 3.43. The number of hydrogen-bond donors (Lipinski definition) is 0. The summed E-state index contributed by atoms with van der Waals surface area (Å²) in [5, 5.41) is 0. The van der Waals surface area contributed by atoms with E-state index >= 15 is 0 Å². The Morgan fingerprint density at radius 2 is 2.00 bits per heavy atom. The normalized spacial score (nSPS) is 23.3. The largest absolute Gasteiger partial charge is 0.382 e. The molecule has 1 aliphatic heterocycles. The molecule has 1 heterocycles. The second-order valence-corrected chi connectivity index (χ2v) is 4.95. The van der Waals surface area contributed by atoms with Crippen molar-refractivity contribution in [3.63, 3.8) is 0 Å². The predicted octanol–water partition coefficient (Wildman–Crippen LogP) is 4.73. The van der Waals surface area contributed by atoms with Gasteiger partial charge in [0.25, 0.3) is 0 Å². The van der Waals surface area contributed by atoms with Crippen molar-refractivity contribution in [2.45, 2.75) is 51.2 Å². The minimum absolute atomic E-state index is 0.178. The van der Waals surface area contributed by atoms with Crippen molar-refractivity contribution >= 4 is 0 Å². The zero-order chi connectivity index (χ0) is 13.7. The fourth-order valence-electron chi connectivity index (χ4n) is 2.33. The van der Waals surface area contributed by atoms with Gasteiger partial charge in [0.2, 0.25) is 0 Å². The zero-order valence-corrected chi connectivity index (χ0v) is 11.2. The molecule has 1 aromatic rings. The predicted molar refractivity (Wildman–Crippen MR) is 72.2 cm³/mol. The Bertz CT molecular complexity index is 426. The van der Waals surface area contributed by atoms with Crippen LogP contribution >= 0.6 is 0 Å². The van der Waals surface area contributed by atoms with E-state index in [-0.39, 0.29) is 11.7 Å². The van der Waals surface area contributed by atoms with Crippen LogP contribution in [0.4, 0.5) is 8.78 Å². The zero-order valence-electron chi connectivity index (χ0n) is 11.2. The number of benzene rings is 1. The summed E-state index contributed by atoms with van der Waals surface area (Å²) in [6, 6.07) is 9.92. The van der Waals surface area contributed by atoms with E-state index in [1.165, 1.54) is 5.56 Å². The SMILES string of the molecule is CCCCC1OC(F)(F)/C1=C/CCc1ccccc1. The van der Waals surface area contributed by atoms with E-state index in [4.69, 9.17) is 0 Å². The van der Waals surface area contributed by atoms with Gasteiger partial charge in [0.05, 0.1) is 11.7 Å². The van der Waals surface area contributed by atoms with Crippen molar-refractivity contribution in [2.75, 3.05) is 0 Å². The Kier molecular flexibility index (Phi) is 4.70. The number of aryl methyl sites for hydroxylation is 1. The first-order valence-corrected chi connectivity index (χ1v) is 6.93. The summed E-state index contributed by atoms with van der Waals surface area (Å²) >= 11 is 0. The quantitative estimate of drug-likeness (QED) is 0.676. The number of hydrogen-bond acceptors (Lipinski definition) is 1. The lowest BCUT2D eigenvalue weighted by Gasteiger charge is -2.38. The van der Waals surface area contributed by atoms with Crippen LogP contribution in [0.2, 0.25) is 0 Å². The van der Waals surface area contributed by atoms with Crippen molar-refractivity contribution in [2.24, 2.45) is 0 Å². The second-order valence-electron chi connectivity index (χ2n) is 4.95. The topological polar surface area (TPSA) is 9.23 Å². The van der Waals surface area contributed by atoms with Gasteiger partial charge in [-0.2, -0.15) is 8.78 Å². The van der Waals surface area contributed by atoms with Crippen molar-refractivity contribution in [1.29, 1.82) is 0 Å². The monoisotopic (exact) mass is 266 g/mol. The van der Waals surface area contributed by atoms with Crippen molar-refractivity contribution < 1.29 is 13.5 Å². The molecule has 1 atom stereocenters. The highest BCUT2D eigenvalue weighted by Crippen LogP contribution is 2.43. The van der Waals surface area contributed by atoms with Crippen LogP contribution in [0.5, 0.6) is 0 Å². The summed E-state index contributed by atoms with van der Waals surface area (Å²) in [7, 11) is 0. The molecule has 0 bridgehead atoms. The Balaban J connectivity index is 1.89. The van der Waals surface area contributed by atoms with Gasteiger partial charge in [0.1, 0.15) is 0 Å². The summed E-state index contributed by atoms with van der Waals surface area (Å²) in [5.41, 5.74) is 1.35. The van der Waals surface area contributed by atoms with Gasteiger partial charge >= 0.3 is 6.11 Å². The maximum Gasteiger partial charge on any atom is 0.382 e. The van der Waals surface area contributed by atoms with Crippen LogP contribution < -0.4 is 0 Å². The molecule has 0 saturated carbocycles. The van der Waals surface area contributed by atoms with E-state index in [0.29, 0.717) is 12.8 Å². The number of halogens is 2. The molecule has 1 unspecified atom stereocenters. The molecule has 104 valence electrons. The maximum atomic E-state index is 13.3. The Morgan fingerprint density at radius 3 is 2.63 bits per heavy atom. The first kappa shape index (κ1) is 14.2. The Morgan fingerprint density at radius 1 is 1.26 bits per heavy atom. The minimum atomic E-state index is -3.03. The van der Waals surface area contributed by atoms with Crippen molar-refractivity contribution in [3.8, 4) is 0 Å². The molecule has 1 aromatic carbocycles. The van der Waals surface area contributed by atoms with Crippen LogP contribution in [0.1, 0.15) is 38.2 Å². The summed E-state index contributed by atoms with van der Waals surface area (Å²) < 4.78 is 31.3. The maximum absolute atomic E-state index is 13.3. The number of rotatable bonds is 6. The molecular weight excluding hydrogens is 246 g/mol. The van der Waals surface area contributed by atoms with Crippen molar-refractivity contribution in [3.05, 3.63) is 47.5 Å². The standard InChI is InChI=1S/C16H20F2O/c1-2-3-12-15-14(16(17,18)19-15)11-7-10-13-8-5-4-6-9-13/h4-6,8-9,11,15H,2-3,7,10,12H2,1H3/b14-11+. The molecule has 0 radical (unpaired) electrons. The average molecular weight is 266 g/mol. The molecule has 0 spiro atoms. The first-order chi connectivity index (χ1) is 9.13. The van der Waals surface area contributed by atoms with E-state index in [0.717, 1.165) is 19.3 Å². The molecule has 3 heteroatoms. The summed E-state index contributed by atoms with van der Waals surface area (Å²) in [5.74, 6) is 0. The van der Waals surface area contributed by atoms with E-state index in [2.05, 4.69) is 11.7 Å². The third-order valence-electron chi connectivity index (χ3n) is 3.43. The Hall–Kier alpha value is -1.22. The van der Waals surface area contributed by atoms with Gasteiger partial charge < -0.3 is 4.74 Å². The lowest BCUT2D eigenvalue weighted by molar-refractivity contribution is -0.297. The highest BCUT2D eigenvalue weighted by Gasteiger charge is 2.52. The van der Waals surface area contributed by atoms with Crippen LogP contribution in [0, 0.1) is 0 Å². The van der Waals surface area contributed by atoms with Crippen LogP contribution in [-0.4, -0.2) is 12.2 Å². The first-order valence-electron chi connectivity index (χ1n) is 6.93. The van der Waals surface area contributed by atoms with Crippen molar-refractivity contribution in [1.82, 2.24) is 0 Å². The number of allylic oxidation sites excluding steroid dienone is 1. The van der Waals surface area contributed by atoms with Gasteiger partial charge in [-0.25, -0.2) is 0 Å². The molecular formula is C16H20F2O. The number of ether oxygens (including phenoxy) is 1. The van der Waals surface area contributed by atoms with E-state index in [1.807, 2.05) is 30.3 Å². The van der Waals surface area contributed by atoms with Gasteiger partial charge in [-0.15, -0.1) is 0 Å². The molecule has 19 heavy (non-hydrogen) atoms. The van der Waals surface area contributed by atoms with Gasteiger partial charge in [0.15, 0.2) is 0 Å². The van der Waals surface area contributed by atoms with Crippen LogP contribution in [0.15, 0.2) is 42.0 Å². The lowest BCUT2D eigenvalue weighted by Crippen LogP contribution is -2.46. The fraction of sp³-hybridized carbons (Fsp3) is 0.500. The molecule has 0 aliphatic carbocycles. The average Bonchev–Trinajstić information content (AvgIpc) is 2.40. The molecule has 1 fully saturated rings. The molecule has 1 aliphatic rings. The van der Waals surface area contributed by atoms with E-state index in [9.17, 15) is 8.78 Å². The van der Waals surface area contributed by atoms with Gasteiger partial charge in [-0.3, -0.25) is 0 Å². The Labute approximate surface area is 113 Å². The summed E-state index contributed by atoms with van der Waals surface area (Å²) in [6.07, 6.45) is 2.32. The summed E-state index contributed by atoms with van der Waals surface area (Å²) in [6.45, 7) is 2.05. The van der Waals surface area contributed by atoms with E-state index < -0.39 is 6.11 Å². The van der Waals surface area contributed by atoms with E-state index in [1.54, 1.807) is 6.08 Å². The van der Waals surface area contributed by atoms with Crippen LogP contribution in [0.25, 0.3) is 0 Å². The molecule has 2 rings (SSSR count). The fourth-order valence-corrected chi connectivity index (χ4v) is 2.33. The highest BCUT2D eigenvalue weighted by molar-refractivity contribution is 5.23. The molecule has 0 N–H and O–H groups in total. The summed E-state index contributed by atoms with van der Waals surface area (Å²) in [4.78, 5) is 0. The molecule has 0 aromatic heterocycles. The minimum Gasteiger partial charge on any atom is -0.309 e.